The third-order valence-corrected chi connectivity index (χ3v) is 6.52. The molecule has 2 aliphatic rings. The van der Waals surface area contributed by atoms with Gasteiger partial charge in [-0.1, -0.05) is 23.7 Å². The maximum absolute atomic E-state index is 10.5. The van der Waals surface area contributed by atoms with Crippen LogP contribution >= 0.6 is 11.6 Å². The Kier molecular flexibility index (Phi) is 8.33. The first kappa shape index (κ1) is 22.9. The van der Waals surface area contributed by atoms with Crippen molar-refractivity contribution >= 4 is 11.6 Å². The summed E-state index contributed by atoms with van der Waals surface area (Å²) in [5.74, 6) is 0.547. The fraction of sp³-hybridized carbons (Fsp3) is 0.727. The van der Waals surface area contributed by atoms with Crippen LogP contribution < -0.4 is 0 Å². The number of hydrogen-bond acceptors (Lipinski definition) is 6. The second-order valence-electron chi connectivity index (χ2n) is 8.18. The standard InChI is InChI=1S/C22H33ClO6/c1-3-28-16-7-4-13(5-8-16)10-15-11-14(6-9-17(15)23)22-21(26)20(25)19(24)18(29-22)12-27-2/h6,9,11,13,16,18-22,24-26H,3-5,7-8,10,12H2,1-2H3/t13?,16?,18-,19-,20+,21-,22+/m1/s1. The van der Waals surface area contributed by atoms with Gasteiger partial charge in [-0.2, -0.15) is 0 Å². The second-order valence-corrected chi connectivity index (χ2v) is 8.58. The van der Waals surface area contributed by atoms with E-state index in [1.165, 1.54) is 7.11 Å². The summed E-state index contributed by atoms with van der Waals surface area (Å²) in [4.78, 5) is 0. The van der Waals surface area contributed by atoms with E-state index in [1.54, 1.807) is 6.07 Å². The highest BCUT2D eigenvalue weighted by Gasteiger charge is 2.44. The maximum atomic E-state index is 10.5. The number of benzene rings is 1. The molecule has 164 valence electrons. The Hall–Kier alpha value is -0.730. The average Bonchev–Trinajstić information content (AvgIpc) is 2.72. The largest absolute Gasteiger partial charge is 0.388 e. The Labute approximate surface area is 177 Å². The van der Waals surface area contributed by atoms with E-state index in [4.69, 9.17) is 25.8 Å². The zero-order valence-electron chi connectivity index (χ0n) is 17.2. The van der Waals surface area contributed by atoms with Gasteiger partial charge in [0.2, 0.25) is 0 Å². The SMILES string of the molecule is CCOC1CCC(Cc2cc([C@@H]3O[C@H](COC)[C@@H](O)[C@H](O)[C@H]3O)ccc2Cl)CC1. The van der Waals surface area contributed by atoms with E-state index in [0.29, 0.717) is 17.0 Å². The molecule has 1 aliphatic carbocycles. The van der Waals surface area contributed by atoms with E-state index in [1.807, 2.05) is 19.1 Å². The predicted octanol–water partition coefficient (Wildman–Crippen LogP) is 2.65. The van der Waals surface area contributed by atoms with Gasteiger partial charge in [0, 0.05) is 18.7 Å². The fourth-order valence-electron chi connectivity index (χ4n) is 4.51. The zero-order valence-corrected chi connectivity index (χ0v) is 17.9. The normalized spacial score (nSPS) is 35.6. The minimum atomic E-state index is -1.30. The third kappa shape index (κ3) is 5.50. The van der Waals surface area contributed by atoms with Crippen molar-refractivity contribution in [3.8, 4) is 0 Å². The van der Waals surface area contributed by atoms with E-state index >= 15 is 0 Å². The zero-order chi connectivity index (χ0) is 21.0. The molecule has 0 spiro atoms. The van der Waals surface area contributed by atoms with Gasteiger partial charge in [0.15, 0.2) is 0 Å². The molecule has 6 nitrogen and oxygen atoms in total. The number of ether oxygens (including phenoxy) is 3. The van der Waals surface area contributed by atoms with Crippen LogP contribution in [0.25, 0.3) is 0 Å². The Morgan fingerprint density at radius 3 is 2.45 bits per heavy atom. The van der Waals surface area contributed by atoms with Crippen LogP contribution in [-0.2, 0) is 20.6 Å². The molecule has 1 heterocycles. The van der Waals surface area contributed by atoms with Crippen molar-refractivity contribution < 1.29 is 29.5 Å². The number of rotatable bonds is 7. The van der Waals surface area contributed by atoms with Gasteiger partial charge in [0.1, 0.15) is 30.5 Å². The highest BCUT2D eigenvalue weighted by molar-refractivity contribution is 6.31. The van der Waals surface area contributed by atoms with Crippen molar-refractivity contribution in [2.45, 2.75) is 75.7 Å². The summed E-state index contributed by atoms with van der Waals surface area (Å²) >= 11 is 6.46. The van der Waals surface area contributed by atoms with Crippen molar-refractivity contribution in [3.05, 3.63) is 34.3 Å². The number of methoxy groups -OCH3 is 1. The highest BCUT2D eigenvalue weighted by atomic mass is 35.5. The van der Waals surface area contributed by atoms with Crippen LogP contribution in [0.5, 0.6) is 0 Å². The molecule has 1 aliphatic heterocycles. The van der Waals surface area contributed by atoms with E-state index < -0.39 is 30.5 Å². The molecule has 2 fully saturated rings. The molecule has 0 amide bonds. The number of hydrogen-bond donors (Lipinski definition) is 3. The number of halogens is 1. The summed E-state index contributed by atoms with van der Waals surface area (Å²) in [6.07, 6.45) is 0.393. The van der Waals surface area contributed by atoms with Crippen molar-refractivity contribution in [1.29, 1.82) is 0 Å². The van der Waals surface area contributed by atoms with E-state index in [2.05, 4.69) is 0 Å². The van der Waals surface area contributed by atoms with Gasteiger partial charge in [-0.05, 0) is 62.1 Å². The molecule has 0 bridgehead atoms. The summed E-state index contributed by atoms with van der Waals surface area (Å²) in [7, 11) is 1.50. The van der Waals surface area contributed by atoms with Gasteiger partial charge in [-0.15, -0.1) is 0 Å². The van der Waals surface area contributed by atoms with Crippen LogP contribution in [0.2, 0.25) is 5.02 Å². The lowest BCUT2D eigenvalue weighted by molar-refractivity contribution is -0.233. The molecule has 0 radical (unpaired) electrons. The molecule has 3 rings (SSSR count). The van der Waals surface area contributed by atoms with Crippen LogP contribution in [0.4, 0.5) is 0 Å². The molecule has 29 heavy (non-hydrogen) atoms. The van der Waals surface area contributed by atoms with Crippen molar-refractivity contribution in [3.63, 3.8) is 0 Å². The summed E-state index contributed by atoms with van der Waals surface area (Å²) in [6, 6.07) is 5.58. The van der Waals surface area contributed by atoms with E-state index in [0.717, 1.165) is 49.8 Å². The van der Waals surface area contributed by atoms with Crippen LogP contribution in [0.3, 0.4) is 0 Å². The first-order valence-electron chi connectivity index (χ1n) is 10.5. The predicted molar refractivity (Wildman–Crippen MR) is 110 cm³/mol. The molecular formula is C22H33ClO6. The monoisotopic (exact) mass is 428 g/mol. The van der Waals surface area contributed by atoms with Gasteiger partial charge in [0.05, 0.1) is 12.7 Å². The molecule has 1 saturated carbocycles. The van der Waals surface area contributed by atoms with Crippen molar-refractivity contribution in [2.75, 3.05) is 20.3 Å². The molecule has 1 aromatic carbocycles. The first-order valence-corrected chi connectivity index (χ1v) is 10.9. The van der Waals surface area contributed by atoms with Crippen LogP contribution in [0.1, 0.15) is 49.8 Å². The molecule has 7 heteroatoms. The van der Waals surface area contributed by atoms with Crippen LogP contribution in [0.15, 0.2) is 18.2 Å². The smallest absolute Gasteiger partial charge is 0.113 e. The minimum Gasteiger partial charge on any atom is -0.388 e. The lowest BCUT2D eigenvalue weighted by Crippen LogP contribution is -2.55. The second kappa shape index (κ2) is 10.5. The first-order chi connectivity index (χ1) is 13.9. The topological polar surface area (TPSA) is 88.4 Å². The Morgan fingerprint density at radius 2 is 1.79 bits per heavy atom. The van der Waals surface area contributed by atoms with Crippen LogP contribution in [0, 0.1) is 5.92 Å². The molecule has 0 unspecified atom stereocenters. The highest BCUT2D eigenvalue weighted by Crippen LogP contribution is 2.36. The quantitative estimate of drug-likeness (QED) is 0.618. The fourth-order valence-corrected chi connectivity index (χ4v) is 4.70. The van der Waals surface area contributed by atoms with Gasteiger partial charge in [-0.3, -0.25) is 0 Å². The summed E-state index contributed by atoms with van der Waals surface area (Å²) in [5, 5.41) is 31.6. The molecular weight excluding hydrogens is 396 g/mol. The lowest BCUT2D eigenvalue weighted by atomic mass is 9.82. The maximum Gasteiger partial charge on any atom is 0.113 e. The minimum absolute atomic E-state index is 0.130. The molecule has 3 N–H and O–H groups in total. The Bertz CT molecular complexity index is 648. The van der Waals surface area contributed by atoms with Gasteiger partial charge >= 0.3 is 0 Å². The van der Waals surface area contributed by atoms with Gasteiger partial charge in [-0.25, -0.2) is 0 Å². The number of aliphatic hydroxyl groups is 3. The molecule has 5 atom stereocenters. The van der Waals surface area contributed by atoms with Gasteiger partial charge in [0.25, 0.3) is 0 Å². The third-order valence-electron chi connectivity index (χ3n) is 6.15. The van der Waals surface area contributed by atoms with Crippen LogP contribution in [-0.4, -0.2) is 66.2 Å². The van der Waals surface area contributed by atoms with E-state index in [-0.39, 0.29) is 6.61 Å². The average molecular weight is 429 g/mol. The van der Waals surface area contributed by atoms with Crippen molar-refractivity contribution in [2.24, 2.45) is 5.92 Å². The Balaban J connectivity index is 1.71. The molecule has 0 aromatic heterocycles. The summed E-state index contributed by atoms with van der Waals surface area (Å²) < 4.78 is 16.7. The van der Waals surface area contributed by atoms with E-state index in [9.17, 15) is 15.3 Å². The van der Waals surface area contributed by atoms with Gasteiger partial charge < -0.3 is 29.5 Å². The lowest BCUT2D eigenvalue weighted by Gasteiger charge is -2.40. The molecule has 1 saturated heterocycles. The van der Waals surface area contributed by atoms with Crippen molar-refractivity contribution in [1.82, 2.24) is 0 Å². The summed E-state index contributed by atoms with van der Waals surface area (Å²) in [6.45, 7) is 2.93. The Morgan fingerprint density at radius 1 is 1.07 bits per heavy atom. The number of aliphatic hydroxyl groups excluding tert-OH is 3. The summed E-state index contributed by atoms with van der Waals surface area (Å²) in [5.41, 5.74) is 1.76. The molecule has 1 aromatic rings.